The normalized spacial score (nSPS) is 14.8. The Hall–Kier alpha value is -2.35. The molecule has 0 radical (unpaired) electrons. The molecule has 2 aromatic rings. The van der Waals surface area contributed by atoms with Gasteiger partial charge in [-0.05, 0) is 25.0 Å². The first-order valence-electron chi connectivity index (χ1n) is 9.72. The van der Waals surface area contributed by atoms with Crippen molar-refractivity contribution >= 4 is 29.3 Å². The van der Waals surface area contributed by atoms with E-state index in [0.717, 1.165) is 18.5 Å². The number of benzene rings is 1. The molecule has 1 aromatic heterocycles. The number of carbonyl (C=O) groups excluding carboxylic acids is 2. The van der Waals surface area contributed by atoms with Crippen molar-refractivity contribution in [3.8, 4) is 0 Å². The molecule has 0 bridgehead atoms. The molecule has 3 rings (SSSR count). The zero-order chi connectivity index (χ0) is 19.9. The summed E-state index contributed by atoms with van der Waals surface area (Å²) in [6.07, 6.45) is 6.36. The molecular formula is C20H27N5O2S. The molecule has 2 N–H and O–H groups in total. The van der Waals surface area contributed by atoms with E-state index in [9.17, 15) is 9.59 Å². The fourth-order valence-corrected chi connectivity index (χ4v) is 4.39. The first kappa shape index (κ1) is 20.4. The SMILES string of the molecule is Cn1c(CCC(N)=O)nnc1SCC(=O)N(c1ccccc1)C1CCCCC1. The van der Waals surface area contributed by atoms with Gasteiger partial charge in [0.25, 0.3) is 0 Å². The molecule has 1 saturated carbocycles. The van der Waals surface area contributed by atoms with E-state index >= 15 is 0 Å². The van der Waals surface area contributed by atoms with Crippen molar-refractivity contribution in [1.29, 1.82) is 0 Å². The molecule has 0 spiro atoms. The van der Waals surface area contributed by atoms with Gasteiger partial charge in [-0.25, -0.2) is 0 Å². The topological polar surface area (TPSA) is 94.1 Å². The summed E-state index contributed by atoms with van der Waals surface area (Å²) >= 11 is 1.38. The summed E-state index contributed by atoms with van der Waals surface area (Å²) in [4.78, 5) is 26.1. The number of amides is 2. The number of thioether (sulfide) groups is 1. The van der Waals surface area contributed by atoms with Gasteiger partial charge in [0.1, 0.15) is 5.82 Å². The minimum atomic E-state index is -0.363. The summed E-state index contributed by atoms with van der Waals surface area (Å²) in [5, 5.41) is 8.95. The second-order valence-corrected chi connectivity index (χ2v) is 8.05. The molecule has 7 nitrogen and oxygen atoms in total. The van der Waals surface area contributed by atoms with Crippen LogP contribution in [0.3, 0.4) is 0 Å². The highest BCUT2D eigenvalue weighted by Gasteiger charge is 2.27. The molecule has 1 fully saturated rings. The van der Waals surface area contributed by atoms with Crippen LogP contribution in [0.1, 0.15) is 44.3 Å². The summed E-state index contributed by atoms with van der Waals surface area (Å²) in [6.45, 7) is 0. The Morgan fingerprint density at radius 2 is 1.89 bits per heavy atom. The van der Waals surface area contributed by atoms with Crippen LogP contribution in [-0.2, 0) is 23.1 Å². The van der Waals surface area contributed by atoms with Gasteiger partial charge in [-0.15, -0.1) is 10.2 Å². The van der Waals surface area contributed by atoms with E-state index in [4.69, 9.17) is 5.73 Å². The quantitative estimate of drug-likeness (QED) is 0.686. The minimum absolute atomic E-state index is 0.0878. The highest BCUT2D eigenvalue weighted by molar-refractivity contribution is 7.99. The predicted molar refractivity (Wildman–Crippen MR) is 110 cm³/mol. The van der Waals surface area contributed by atoms with E-state index < -0.39 is 0 Å². The zero-order valence-corrected chi connectivity index (χ0v) is 17.0. The van der Waals surface area contributed by atoms with Crippen LogP contribution in [0.2, 0.25) is 0 Å². The number of para-hydroxylation sites is 1. The van der Waals surface area contributed by atoms with E-state index in [2.05, 4.69) is 10.2 Å². The van der Waals surface area contributed by atoms with Crippen LogP contribution >= 0.6 is 11.8 Å². The Morgan fingerprint density at radius 1 is 1.18 bits per heavy atom. The van der Waals surface area contributed by atoms with Crippen molar-refractivity contribution in [3.63, 3.8) is 0 Å². The van der Waals surface area contributed by atoms with E-state index in [1.807, 2.05) is 46.8 Å². The van der Waals surface area contributed by atoms with Crippen LogP contribution in [0, 0.1) is 0 Å². The number of anilines is 1. The van der Waals surface area contributed by atoms with Crippen molar-refractivity contribution in [2.75, 3.05) is 10.7 Å². The molecular weight excluding hydrogens is 374 g/mol. The Kier molecular flexibility index (Phi) is 7.08. The van der Waals surface area contributed by atoms with Gasteiger partial charge < -0.3 is 15.2 Å². The van der Waals surface area contributed by atoms with Gasteiger partial charge in [0.2, 0.25) is 11.8 Å². The molecule has 1 aliphatic rings. The van der Waals surface area contributed by atoms with E-state index in [1.165, 1.54) is 31.0 Å². The second kappa shape index (κ2) is 9.73. The van der Waals surface area contributed by atoms with Gasteiger partial charge in [-0.3, -0.25) is 9.59 Å². The molecule has 1 aliphatic carbocycles. The summed E-state index contributed by atoms with van der Waals surface area (Å²) in [7, 11) is 1.85. The lowest BCUT2D eigenvalue weighted by molar-refractivity contribution is -0.118. The molecule has 1 heterocycles. The zero-order valence-electron chi connectivity index (χ0n) is 16.2. The number of rotatable bonds is 8. The van der Waals surface area contributed by atoms with E-state index in [-0.39, 0.29) is 24.3 Å². The number of aryl methyl sites for hydroxylation is 1. The molecule has 0 saturated heterocycles. The Balaban J connectivity index is 1.68. The fourth-order valence-electron chi connectivity index (χ4n) is 3.61. The first-order chi connectivity index (χ1) is 13.6. The van der Waals surface area contributed by atoms with Crippen molar-refractivity contribution in [2.45, 2.75) is 56.1 Å². The fraction of sp³-hybridized carbons (Fsp3) is 0.500. The lowest BCUT2D eigenvalue weighted by Crippen LogP contribution is -2.42. The number of hydrogen-bond donors (Lipinski definition) is 1. The maximum Gasteiger partial charge on any atom is 0.237 e. The Bertz CT molecular complexity index is 802. The smallest absolute Gasteiger partial charge is 0.237 e. The average molecular weight is 402 g/mol. The number of nitrogens with two attached hydrogens (primary N) is 1. The highest BCUT2D eigenvalue weighted by Crippen LogP contribution is 2.28. The van der Waals surface area contributed by atoms with Crippen molar-refractivity contribution in [2.24, 2.45) is 12.8 Å². The summed E-state index contributed by atoms with van der Waals surface area (Å²) in [5.74, 6) is 0.719. The standard InChI is InChI=1S/C20H27N5O2S/c1-24-18(13-12-17(21)26)22-23-20(24)28-14-19(27)25(15-8-4-2-5-9-15)16-10-6-3-7-11-16/h2,4-5,8-9,16H,3,6-7,10-14H2,1H3,(H2,21,26). The predicted octanol–water partition coefficient (Wildman–Crippen LogP) is 2.69. The summed E-state index contributed by atoms with van der Waals surface area (Å²) in [5.41, 5.74) is 6.16. The number of carbonyl (C=O) groups is 2. The lowest BCUT2D eigenvalue weighted by atomic mass is 9.93. The maximum absolute atomic E-state index is 13.1. The van der Waals surface area contributed by atoms with Gasteiger partial charge >= 0.3 is 0 Å². The number of aromatic nitrogens is 3. The molecule has 28 heavy (non-hydrogen) atoms. The summed E-state index contributed by atoms with van der Waals surface area (Å²) < 4.78 is 1.83. The molecule has 2 amide bonds. The van der Waals surface area contributed by atoms with Crippen LogP contribution in [0.5, 0.6) is 0 Å². The largest absolute Gasteiger partial charge is 0.370 e. The molecule has 8 heteroatoms. The Labute approximate surface area is 169 Å². The van der Waals surface area contributed by atoms with Gasteiger partial charge in [0.15, 0.2) is 5.16 Å². The lowest BCUT2D eigenvalue weighted by Gasteiger charge is -2.34. The van der Waals surface area contributed by atoms with Gasteiger partial charge in [-0.1, -0.05) is 49.2 Å². The molecule has 1 aromatic carbocycles. The number of nitrogens with zero attached hydrogens (tertiary/aromatic N) is 4. The minimum Gasteiger partial charge on any atom is -0.370 e. The van der Waals surface area contributed by atoms with Crippen molar-refractivity contribution < 1.29 is 9.59 Å². The average Bonchev–Trinajstić information content (AvgIpc) is 3.06. The highest BCUT2D eigenvalue weighted by atomic mass is 32.2. The third kappa shape index (κ3) is 5.13. The van der Waals surface area contributed by atoms with E-state index in [1.54, 1.807) is 0 Å². The van der Waals surface area contributed by atoms with Gasteiger partial charge in [0, 0.05) is 31.6 Å². The second-order valence-electron chi connectivity index (χ2n) is 7.10. The van der Waals surface area contributed by atoms with Crippen LogP contribution < -0.4 is 10.6 Å². The van der Waals surface area contributed by atoms with Crippen LogP contribution in [0.25, 0.3) is 0 Å². The third-order valence-electron chi connectivity index (χ3n) is 5.09. The monoisotopic (exact) mass is 401 g/mol. The summed E-state index contributed by atoms with van der Waals surface area (Å²) in [6, 6.07) is 10.2. The third-order valence-corrected chi connectivity index (χ3v) is 6.09. The number of hydrogen-bond acceptors (Lipinski definition) is 5. The van der Waals surface area contributed by atoms with Crippen LogP contribution in [0.4, 0.5) is 5.69 Å². The van der Waals surface area contributed by atoms with Crippen LogP contribution in [0.15, 0.2) is 35.5 Å². The first-order valence-corrected chi connectivity index (χ1v) is 10.7. The molecule has 0 aliphatic heterocycles. The van der Waals surface area contributed by atoms with Crippen LogP contribution in [-0.4, -0.2) is 38.4 Å². The molecule has 150 valence electrons. The van der Waals surface area contributed by atoms with Gasteiger partial charge in [-0.2, -0.15) is 0 Å². The maximum atomic E-state index is 13.1. The van der Waals surface area contributed by atoms with Crippen molar-refractivity contribution in [3.05, 3.63) is 36.2 Å². The Morgan fingerprint density at radius 3 is 2.57 bits per heavy atom. The molecule has 0 atom stereocenters. The molecule has 0 unspecified atom stereocenters. The van der Waals surface area contributed by atoms with Gasteiger partial charge in [0.05, 0.1) is 5.75 Å². The van der Waals surface area contributed by atoms with E-state index in [0.29, 0.717) is 23.2 Å². The number of primary amides is 1. The van der Waals surface area contributed by atoms with Crippen molar-refractivity contribution in [1.82, 2.24) is 14.8 Å².